The molecule has 0 bridgehead atoms. The first-order chi connectivity index (χ1) is 12.3. The molecule has 1 amide bonds. The lowest BCUT2D eigenvalue weighted by molar-refractivity contribution is 0.0905. The number of carbonyl (C=O) groups excluding carboxylic acids is 1. The molecule has 0 heterocycles. The molecule has 0 saturated carbocycles. The molecule has 2 aromatic carbocycles. The average molecular weight is 376 g/mol. The monoisotopic (exact) mass is 376 g/mol. The molecule has 7 heteroatoms. The molecule has 0 aliphatic carbocycles. The standard InChI is InChI=1S/C19H24N2O4S/c1-14-8-10-17(11-9-14)21(3)26(23,24)18-7-5-6-16(12-18)19(22)20-15(2)13-25-4/h5-12,15H,13H2,1-4H3,(H,20,22). The van der Waals surface area contributed by atoms with Gasteiger partial charge in [-0.05, 0) is 44.2 Å². The maximum atomic E-state index is 12.9. The molecule has 0 fully saturated rings. The molecule has 2 rings (SSSR count). The van der Waals surface area contributed by atoms with Crippen molar-refractivity contribution >= 4 is 21.6 Å². The van der Waals surface area contributed by atoms with E-state index in [2.05, 4.69) is 5.32 Å². The van der Waals surface area contributed by atoms with Crippen molar-refractivity contribution in [1.82, 2.24) is 5.32 Å². The summed E-state index contributed by atoms with van der Waals surface area (Å²) in [5, 5.41) is 2.77. The number of amides is 1. The Hall–Kier alpha value is -2.38. The Morgan fingerprint density at radius 2 is 1.85 bits per heavy atom. The number of anilines is 1. The van der Waals surface area contributed by atoms with E-state index >= 15 is 0 Å². The molecule has 1 unspecified atom stereocenters. The van der Waals surface area contributed by atoms with Gasteiger partial charge in [-0.1, -0.05) is 23.8 Å². The predicted octanol–water partition coefficient (Wildman–Crippen LogP) is 2.58. The summed E-state index contributed by atoms with van der Waals surface area (Å²) >= 11 is 0. The van der Waals surface area contributed by atoms with E-state index in [-0.39, 0.29) is 22.4 Å². The van der Waals surface area contributed by atoms with Crippen LogP contribution in [0.5, 0.6) is 0 Å². The molecular weight excluding hydrogens is 352 g/mol. The van der Waals surface area contributed by atoms with Crippen LogP contribution in [-0.2, 0) is 14.8 Å². The van der Waals surface area contributed by atoms with Gasteiger partial charge in [0, 0.05) is 25.8 Å². The second kappa shape index (κ2) is 8.33. The van der Waals surface area contributed by atoms with Crippen LogP contribution in [0.2, 0.25) is 0 Å². The third-order valence-electron chi connectivity index (χ3n) is 3.95. The Labute approximate surface area is 154 Å². The van der Waals surface area contributed by atoms with Crippen LogP contribution in [0.25, 0.3) is 0 Å². The van der Waals surface area contributed by atoms with E-state index in [1.807, 2.05) is 26.0 Å². The zero-order valence-electron chi connectivity index (χ0n) is 15.4. The Morgan fingerprint density at radius 1 is 1.19 bits per heavy atom. The lowest BCUT2D eigenvalue weighted by Crippen LogP contribution is -2.35. The van der Waals surface area contributed by atoms with E-state index in [4.69, 9.17) is 4.74 Å². The fraction of sp³-hybridized carbons (Fsp3) is 0.316. The zero-order chi connectivity index (χ0) is 19.3. The minimum atomic E-state index is -3.77. The SMILES string of the molecule is COCC(C)NC(=O)c1cccc(S(=O)(=O)N(C)c2ccc(C)cc2)c1. The first kappa shape index (κ1) is 19.9. The van der Waals surface area contributed by atoms with Crippen molar-refractivity contribution in [2.24, 2.45) is 0 Å². The first-order valence-electron chi connectivity index (χ1n) is 8.21. The number of hydrogen-bond donors (Lipinski definition) is 1. The molecule has 2 aromatic rings. The van der Waals surface area contributed by atoms with Gasteiger partial charge >= 0.3 is 0 Å². The smallest absolute Gasteiger partial charge is 0.264 e. The van der Waals surface area contributed by atoms with Crippen molar-refractivity contribution < 1.29 is 17.9 Å². The highest BCUT2D eigenvalue weighted by Crippen LogP contribution is 2.23. The third-order valence-corrected chi connectivity index (χ3v) is 5.73. The Bertz CT molecular complexity index is 863. The second-order valence-corrected chi connectivity index (χ2v) is 8.14. The Kier molecular flexibility index (Phi) is 6.39. The topological polar surface area (TPSA) is 75.7 Å². The van der Waals surface area contributed by atoms with E-state index in [9.17, 15) is 13.2 Å². The number of methoxy groups -OCH3 is 1. The molecule has 0 aliphatic heterocycles. The molecule has 1 atom stereocenters. The Morgan fingerprint density at radius 3 is 2.46 bits per heavy atom. The number of nitrogens with one attached hydrogen (secondary N) is 1. The minimum absolute atomic E-state index is 0.0626. The van der Waals surface area contributed by atoms with E-state index < -0.39 is 10.0 Å². The number of aryl methyl sites for hydroxylation is 1. The number of benzene rings is 2. The van der Waals surface area contributed by atoms with Crippen molar-refractivity contribution in [3.8, 4) is 0 Å². The molecule has 0 aliphatic rings. The summed E-state index contributed by atoms with van der Waals surface area (Å²) in [4.78, 5) is 12.4. The molecule has 0 saturated heterocycles. The quantitative estimate of drug-likeness (QED) is 0.806. The molecular formula is C19H24N2O4S. The summed E-state index contributed by atoms with van der Waals surface area (Å²) in [6.45, 7) is 4.12. The van der Waals surface area contributed by atoms with Gasteiger partial charge in [-0.2, -0.15) is 0 Å². The number of nitrogens with zero attached hydrogens (tertiary/aromatic N) is 1. The number of ether oxygens (including phenoxy) is 1. The van der Waals surface area contributed by atoms with Crippen molar-refractivity contribution in [2.45, 2.75) is 24.8 Å². The summed E-state index contributed by atoms with van der Waals surface area (Å²) in [5.41, 5.74) is 1.88. The van der Waals surface area contributed by atoms with Gasteiger partial charge in [0.15, 0.2) is 0 Å². The van der Waals surface area contributed by atoms with Crippen LogP contribution in [0.15, 0.2) is 53.4 Å². The predicted molar refractivity (Wildman–Crippen MR) is 102 cm³/mol. The first-order valence-corrected chi connectivity index (χ1v) is 9.65. The molecule has 0 radical (unpaired) electrons. The average Bonchev–Trinajstić information content (AvgIpc) is 2.62. The molecule has 0 aromatic heterocycles. The van der Waals surface area contributed by atoms with Gasteiger partial charge in [0.2, 0.25) is 0 Å². The lowest BCUT2D eigenvalue weighted by atomic mass is 10.2. The van der Waals surface area contributed by atoms with Crippen LogP contribution in [-0.4, -0.2) is 41.1 Å². The van der Waals surface area contributed by atoms with E-state index in [1.54, 1.807) is 31.4 Å². The summed E-state index contributed by atoms with van der Waals surface area (Å²) < 4.78 is 32.0. The van der Waals surface area contributed by atoms with Gasteiger partial charge in [-0.25, -0.2) is 8.42 Å². The van der Waals surface area contributed by atoms with Crippen LogP contribution in [0.4, 0.5) is 5.69 Å². The highest BCUT2D eigenvalue weighted by atomic mass is 32.2. The maximum Gasteiger partial charge on any atom is 0.264 e. The van der Waals surface area contributed by atoms with Gasteiger partial charge in [-0.3, -0.25) is 9.10 Å². The van der Waals surface area contributed by atoms with Crippen molar-refractivity contribution in [3.05, 3.63) is 59.7 Å². The lowest BCUT2D eigenvalue weighted by Gasteiger charge is -2.20. The number of hydrogen-bond acceptors (Lipinski definition) is 4. The summed E-state index contributed by atoms with van der Waals surface area (Å²) in [7, 11) is -0.725. The summed E-state index contributed by atoms with van der Waals surface area (Å²) in [5.74, 6) is -0.343. The number of carbonyl (C=O) groups is 1. The van der Waals surface area contributed by atoms with Gasteiger partial charge in [-0.15, -0.1) is 0 Å². The van der Waals surface area contributed by atoms with Gasteiger partial charge in [0.1, 0.15) is 0 Å². The summed E-state index contributed by atoms with van der Waals surface area (Å²) in [6, 6.07) is 13.0. The molecule has 140 valence electrons. The van der Waals surface area contributed by atoms with E-state index in [1.165, 1.54) is 23.5 Å². The van der Waals surface area contributed by atoms with Crippen LogP contribution in [0.1, 0.15) is 22.8 Å². The van der Waals surface area contributed by atoms with Crippen LogP contribution < -0.4 is 9.62 Å². The van der Waals surface area contributed by atoms with Crippen molar-refractivity contribution in [2.75, 3.05) is 25.1 Å². The number of rotatable bonds is 7. The number of sulfonamides is 1. The highest BCUT2D eigenvalue weighted by molar-refractivity contribution is 7.92. The fourth-order valence-corrected chi connectivity index (χ4v) is 3.69. The molecule has 1 N–H and O–H groups in total. The van der Waals surface area contributed by atoms with Crippen molar-refractivity contribution in [1.29, 1.82) is 0 Å². The van der Waals surface area contributed by atoms with E-state index in [0.717, 1.165) is 5.56 Å². The fourth-order valence-electron chi connectivity index (χ4n) is 2.45. The Balaban J connectivity index is 2.27. The summed E-state index contributed by atoms with van der Waals surface area (Å²) in [6.07, 6.45) is 0. The van der Waals surface area contributed by atoms with Gasteiger partial charge in [0.05, 0.1) is 17.2 Å². The van der Waals surface area contributed by atoms with Crippen LogP contribution >= 0.6 is 0 Å². The zero-order valence-corrected chi connectivity index (χ0v) is 16.2. The molecule has 26 heavy (non-hydrogen) atoms. The third kappa shape index (κ3) is 4.62. The molecule has 0 spiro atoms. The van der Waals surface area contributed by atoms with E-state index in [0.29, 0.717) is 12.3 Å². The molecule has 6 nitrogen and oxygen atoms in total. The van der Waals surface area contributed by atoms with Crippen LogP contribution in [0.3, 0.4) is 0 Å². The minimum Gasteiger partial charge on any atom is -0.383 e. The highest BCUT2D eigenvalue weighted by Gasteiger charge is 2.22. The van der Waals surface area contributed by atoms with Gasteiger partial charge in [0.25, 0.3) is 15.9 Å². The van der Waals surface area contributed by atoms with Crippen LogP contribution in [0, 0.1) is 6.92 Å². The van der Waals surface area contributed by atoms with Crippen molar-refractivity contribution in [3.63, 3.8) is 0 Å². The normalized spacial score (nSPS) is 12.5. The maximum absolute atomic E-state index is 12.9. The largest absolute Gasteiger partial charge is 0.383 e. The van der Waals surface area contributed by atoms with Gasteiger partial charge < -0.3 is 10.1 Å². The second-order valence-electron chi connectivity index (χ2n) is 6.17.